The van der Waals surface area contributed by atoms with Crippen LogP contribution in [0.2, 0.25) is 0 Å². The van der Waals surface area contributed by atoms with Crippen molar-refractivity contribution in [2.75, 3.05) is 19.6 Å². The molecule has 1 fully saturated rings. The number of nitrogens with zero attached hydrogens (tertiary/aromatic N) is 1. The molecule has 4 N–H and O–H groups in total. The van der Waals surface area contributed by atoms with E-state index >= 15 is 0 Å². The number of hydrogen-bond acceptors (Lipinski definition) is 3. The maximum absolute atomic E-state index is 14.0. The predicted octanol–water partition coefficient (Wildman–Crippen LogP) is 0.443. The maximum atomic E-state index is 14.0. The Morgan fingerprint density at radius 1 is 1.50 bits per heavy atom. The average molecular weight is 275 g/mol. The number of nitrogens with two attached hydrogens (primary N) is 2. The monoisotopic (exact) mass is 275 g/mol. The maximum Gasteiger partial charge on any atom is 0.221 e. The zero-order valence-corrected chi connectivity index (χ0v) is 11.2. The molecule has 0 radical (unpaired) electrons. The molecule has 1 saturated heterocycles. The molecule has 0 aromatic heterocycles. The Bertz CT molecular complexity index is 562. The van der Waals surface area contributed by atoms with Gasteiger partial charge in [0.1, 0.15) is 5.82 Å². The molecule has 1 amide bonds. The topological polar surface area (TPSA) is 72.3 Å². The lowest BCUT2D eigenvalue weighted by atomic mass is 10.1. The van der Waals surface area contributed by atoms with Crippen LogP contribution in [0.3, 0.4) is 0 Å². The van der Waals surface area contributed by atoms with Gasteiger partial charge in [-0.25, -0.2) is 4.39 Å². The van der Waals surface area contributed by atoms with E-state index in [0.29, 0.717) is 24.2 Å². The van der Waals surface area contributed by atoms with Crippen LogP contribution in [0.5, 0.6) is 0 Å². The molecule has 1 aromatic rings. The molecule has 1 unspecified atom stereocenters. The van der Waals surface area contributed by atoms with Gasteiger partial charge in [-0.1, -0.05) is 17.9 Å². The average Bonchev–Trinajstić information content (AvgIpc) is 2.88. The number of rotatable bonds is 3. The SMILES string of the molecule is NCC#Cc1ccc(CN2CCC(C(N)=O)C2)c(F)c1. The van der Waals surface area contributed by atoms with Crippen molar-refractivity contribution < 1.29 is 9.18 Å². The molecule has 106 valence electrons. The first-order valence-corrected chi connectivity index (χ1v) is 6.59. The summed E-state index contributed by atoms with van der Waals surface area (Å²) in [7, 11) is 0. The van der Waals surface area contributed by atoms with Gasteiger partial charge < -0.3 is 11.5 Å². The van der Waals surface area contributed by atoms with Crippen LogP contribution in [0.1, 0.15) is 17.5 Å². The summed E-state index contributed by atoms with van der Waals surface area (Å²) in [6.45, 7) is 2.11. The molecule has 1 atom stereocenters. The minimum atomic E-state index is -0.281. The Kier molecular flexibility index (Phi) is 4.72. The van der Waals surface area contributed by atoms with E-state index in [0.717, 1.165) is 13.0 Å². The number of likely N-dealkylation sites (tertiary alicyclic amines) is 1. The lowest BCUT2D eigenvalue weighted by Gasteiger charge is -2.15. The Hall–Kier alpha value is -1.90. The second-order valence-electron chi connectivity index (χ2n) is 4.94. The first kappa shape index (κ1) is 14.5. The summed E-state index contributed by atoms with van der Waals surface area (Å²) in [6.07, 6.45) is 0.747. The third-order valence-electron chi connectivity index (χ3n) is 3.46. The van der Waals surface area contributed by atoms with E-state index in [4.69, 9.17) is 11.5 Å². The smallest absolute Gasteiger partial charge is 0.221 e. The third kappa shape index (κ3) is 3.56. The summed E-state index contributed by atoms with van der Waals surface area (Å²) in [5, 5.41) is 0. The van der Waals surface area contributed by atoms with Crippen molar-refractivity contribution in [2.24, 2.45) is 17.4 Å². The normalized spacial score (nSPS) is 18.6. The minimum absolute atomic E-state index is 0.118. The zero-order chi connectivity index (χ0) is 14.5. The molecular weight excluding hydrogens is 257 g/mol. The van der Waals surface area contributed by atoms with Crippen molar-refractivity contribution in [1.29, 1.82) is 0 Å². The number of carbonyl (C=O) groups is 1. The quantitative estimate of drug-likeness (QED) is 0.786. The zero-order valence-electron chi connectivity index (χ0n) is 11.2. The van der Waals surface area contributed by atoms with E-state index in [1.807, 2.05) is 4.90 Å². The molecule has 1 aliphatic rings. The summed E-state index contributed by atoms with van der Waals surface area (Å²) in [5.41, 5.74) is 11.8. The fraction of sp³-hybridized carbons (Fsp3) is 0.400. The van der Waals surface area contributed by atoms with Crippen LogP contribution in [0.15, 0.2) is 18.2 Å². The Morgan fingerprint density at radius 2 is 2.30 bits per heavy atom. The fourth-order valence-corrected chi connectivity index (χ4v) is 2.36. The van der Waals surface area contributed by atoms with Gasteiger partial charge in [0.05, 0.1) is 12.5 Å². The molecule has 1 aromatic carbocycles. The Balaban J connectivity index is 2.02. The van der Waals surface area contributed by atoms with E-state index in [1.165, 1.54) is 6.07 Å². The van der Waals surface area contributed by atoms with Gasteiger partial charge in [-0.3, -0.25) is 9.69 Å². The van der Waals surface area contributed by atoms with Crippen LogP contribution in [-0.2, 0) is 11.3 Å². The Morgan fingerprint density at radius 3 is 2.90 bits per heavy atom. The molecule has 0 bridgehead atoms. The summed E-state index contributed by atoms with van der Waals surface area (Å²) in [5.74, 6) is 4.81. The van der Waals surface area contributed by atoms with Crippen molar-refractivity contribution >= 4 is 5.91 Å². The highest BCUT2D eigenvalue weighted by Gasteiger charge is 2.26. The van der Waals surface area contributed by atoms with Gasteiger partial charge in [0, 0.05) is 24.2 Å². The van der Waals surface area contributed by atoms with Crippen LogP contribution >= 0.6 is 0 Å². The van der Waals surface area contributed by atoms with E-state index < -0.39 is 0 Å². The number of benzene rings is 1. The van der Waals surface area contributed by atoms with Gasteiger partial charge in [0.25, 0.3) is 0 Å². The van der Waals surface area contributed by atoms with Gasteiger partial charge in [-0.05, 0) is 25.1 Å². The van der Waals surface area contributed by atoms with E-state index in [9.17, 15) is 9.18 Å². The lowest BCUT2D eigenvalue weighted by molar-refractivity contribution is -0.121. The predicted molar refractivity (Wildman–Crippen MR) is 74.9 cm³/mol. The first-order chi connectivity index (χ1) is 9.60. The van der Waals surface area contributed by atoms with Crippen LogP contribution in [0.4, 0.5) is 4.39 Å². The van der Waals surface area contributed by atoms with Crippen molar-refractivity contribution in [2.45, 2.75) is 13.0 Å². The van der Waals surface area contributed by atoms with Crippen LogP contribution in [0, 0.1) is 23.6 Å². The molecule has 1 heterocycles. The van der Waals surface area contributed by atoms with Crippen molar-refractivity contribution in [1.82, 2.24) is 4.90 Å². The van der Waals surface area contributed by atoms with Gasteiger partial charge in [0.15, 0.2) is 0 Å². The highest BCUT2D eigenvalue weighted by Crippen LogP contribution is 2.20. The summed E-state index contributed by atoms with van der Waals surface area (Å²) in [4.78, 5) is 13.1. The van der Waals surface area contributed by atoms with E-state index in [2.05, 4.69) is 11.8 Å². The van der Waals surface area contributed by atoms with Crippen LogP contribution < -0.4 is 11.5 Å². The molecule has 2 rings (SSSR count). The van der Waals surface area contributed by atoms with Crippen molar-refractivity contribution in [3.63, 3.8) is 0 Å². The summed E-state index contributed by atoms with van der Waals surface area (Å²) in [6, 6.07) is 4.93. The highest BCUT2D eigenvalue weighted by atomic mass is 19.1. The number of carbonyl (C=O) groups excluding carboxylic acids is 1. The molecule has 20 heavy (non-hydrogen) atoms. The third-order valence-corrected chi connectivity index (χ3v) is 3.46. The number of amides is 1. The first-order valence-electron chi connectivity index (χ1n) is 6.59. The molecular formula is C15H18FN3O. The molecule has 0 spiro atoms. The minimum Gasteiger partial charge on any atom is -0.369 e. The molecule has 0 aliphatic carbocycles. The van der Waals surface area contributed by atoms with E-state index in [-0.39, 0.29) is 24.2 Å². The number of primary amides is 1. The van der Waals surface area contributed by atoms with Gasteiger partial charge >= 0.3 is 0 Å². The second-order valence-corrected chi connectivity index (χ2v) is 4.94. The summed E-state index contributed by atoms with van der Waals surface area (Å²) < 4.78 is 14.0. The van der Waals surface area contributed by atoms with Gasteiger partial charge in [-0.15, -0.1) is 0 Å². The summed E-state index contributed by atoms with van der Waals surface area (Å²) >= 11 is 0. The Labute approximate surface area is 117 Å². The number of halogens is 1. The highest BCUT2D eigenvalue weighted by molar-refractivity contribution is 5.77. The molecule has 4 nitrogen and oxygen atoms in total. The van der Waals surface area contributed by atoms with Crippen molar-refractivity contribution in [3.05, 3.63) is 35.1 Å². The van der Waals surface area contributed by atoms with Crippen molar-refractivity contribution in [3.8, 4) is 11.8 Å². The van der Waals surface area contributed by atoms with Crippen LogP contribution in [0.25, 0.3) is 0 Å². The molecule has 0 saturated carbocycles. The van der Waals surface area contributed by atoms with Gasteiger partial charge in [-0.2, -0.15) is 0 Å². The molecule has 5 heteroatoms. The standard InChI is InChI=1S/C15H18FN3O/c16-14-8-11(2-1-6-17)3-4-12(14)9-19-7-5-13(10-19)15(18)20/h3-4,8,13H,5-7,9-10,17H2,(H2,18,20). The number of hydrogen-bond donors (Lipinski definition) is 2. The second kappa shape index (κ2) is 6.51. The molecule has 1 aliphatic heterocycles. The van der Waals surface area contributed by atoms with Gasteiger partial charge in [0.2, 0.25) is 5.91 Å². The van der Waals surface area contributed by atoms with E-state index in [1.54, 1.807) is 12.1 Å². The fourth-order valence-electron chi connectivity index (χ4n) is 2.36. The lowest BCUT2D eigenvalue weighted by Crippen LogP contribution is -2.27. The van der Waals surface area contributed by atoms with Crippen LogP contribution in [-0.4, -0.2) is 30.4 Å². The largest absolute Gasteiger partial charge is 0.369 e.